The van der Waals surface area contributed by atoms with Crippen molar-refractivity contribution in [3.05, 3.63) is 41.9 Å². The summed E-state index contributed by atoms with van der Waals surface area (Å²) < 4.78 is 1.22. The molecule has 0 saturated carbocycles. The Labute approximate surface area is 134 Å². The van der Waals surface area contributed by atoms with E-state index in [1.165, 1.54) is 11.1 Å². The molecule has 1 aromatic heterocycles. The third-order valence-corrected chi connectivity index (χ3v) is 5.14. The van der Waals surface area contributed by atoms with Crippen LogP contribution in [0.3, 0.4) is 0 Å². The topological polar surface area (TPSA) is 45.2 Å². The first kappa shape index (κ1) is 15.2. The summed E-state index contributed by atoms with van der Waals surface area (Å²) in [7, 11) is 0. The molecule has 1 atom stereocenters. The Balaban J connectivity index is 1.76. The summed E-state index contributed by atoms with van der Waals surface area (Å²) in [5, 5.41) is 4.00. The predicted octanol–water partition coefficient (Wildman–Crippen LogP) is 3.13. The smallest absolute Gasteiger partial charge is 0.234 e. The third kappa shape index (κ3) is 3.36. The summed E-state index contributed by atoms with van der Waals surface area (Å²) in [6, 6.07) is 8.50. The maximum Gasteiger partial charge on any atom is 0.234 e. The highest BCUT2D eigenvalue weighted by molar-refractivity contribution is 7.18. The zero-order chi connectivity index (χ0) is 15.4. The molecule has 22 heavy (non-hydrogen) atoms. The standard InChI is InChI=1S/C17H21N3OS/c1-2-10-18-16(21)12-20-11-6-5-8-14(20)17-19-13-7-3-4-9-15(13)22-17/h2-4,7,9,14H,1,5-6,8,10-12H2,(H,18,21)/t14-/m0/s1. The Bertz CT molecular complexity index is 634. The molecule has 2 heterocycles. The maximum absolute atomic E-state index is 12.0. The van der Waals surface area contributed by atoms with Gasteiger partial charge in [-0.05, 0) is 31.5 Å². The first-order valence-corrected chi connectivity index (χ1v) is 8.56. The number of nitrogens with zero attached hydrogens (tertiary/aromatic N) is 2. The van der Waals surface area contributed by atoms with Crippen molar-refractivity contribution in [2.75, 3.05) is 19.6 Å². The summed E-state index contributed by atoms with van der Waals surface area (Å²) in [5.41, 5.74) is 1.06. The Morgan fingerprint density at radius 1 is 1.45 bits per heavy atom. The lowest BCUT2D eigenvalue weighted by Crippen LogP contribution is -2.41. The highest BCUT2D eigenvalue weighted by Gasteiger charge is 2.27. The summed E-state index contributed by atoms with van der Waals surface area (Å²) in [5.74, 6) is 0.0629. The second-order valence-electron chi connectivity index (χ2n) is 5.59. The molecule has 0 unspecified atom stereocenters. The first-order chi connectivity index (χ1) is 10.8. The number of para-hydroxylation sites is 1. The van der Waals surface area contributed by atoms with Crippen LogP contribution in [0.4, 0.5) is 0 Å². The number of rotatable bonds is 5. The highest BCUT2D eigenvalue weighted by Crippen LogP contribution is 2.35. The van der Waals surface area contributed by atoms with Crippen LogP contribution in [-0.2, 0) is 4.79 Å². The van der Waals surface area contributed by atoms with Crippen LogP contribution in [0.15, 0.2) is 36.9 Å². The normalized spacial score (nSPS) is 19.2. The van der Waals surface area contributed by atoms with E-state index in [0.717, 1.165) is 29.9 Å². The second kappa shape index (κ2) is 7.03. The van der Waals surface area contributed by atoms with E-state index in [1.54, 1.807) is 17.4 Å². The van der Waals surface area contributed by atoms with E-state index in [2.05, 4.69) is 28.9 Å². The number of likely N-dealkylation sites (tertiary alicyclic amines) is 1. The molecule has 0 radical (unpaired) electrons. The predicted molar refractivity (Wildman–Crippen MR) is 91.0 cm³/mol. The number of nitrogens with one attached hydrogen (secondary N) is 1. The van der Waals surface area contributed by atoms with Crippen molar-refractivity contribution in [2.24, 2.45) is 0 Å². The van der Waals surface area contributed by atoms with Gasteiger partial charge in [-0.1, -0.05) is 24.6 Å². The molecular weight excluding hydrogens is 294 g/mol. The molecule has 0 aliphatic carbocycles. The van der Waals surface area contributed by atoms with E-state index in [1.807, 2.05) is 12.1 Å². The van der Waals surface area contributed by atoms with Crippen molar-refractivity contribution in [1.29, 1.82) is 0 Å². The number of fused-ring (bicyclic) bond motifs is 1. The molecule has 1 aliphatic rings. The molecule has 4 nitrogen and oxygen atoms in total. The van der Waals surface area contributed by atoms with Gasteiger partial charge in [-0.2, -0.15) is 0 Å². The van der Waals surface area contributed by atoms with Gasteiger partial charge in [0.2, 0.25) is 5.91 Å². The van der Waals surface area contributed by atoms with Crippen molar-refractivity contribution < 1.29 is 4.79 Å². The van der Waals surface area contributed by atoms with E-state index in [4.69, 9.17) is 4.98 Å². The number of benzene rings is 1. The molecule has 3 rings (SSSR count). The van der Waals surface area contributed by atoms with E-state index in [0.29, 0.717) is 13.1 Å². The van der Waals surface area contributed by atoms with Crippen LogP contribution in [-0.4, -0.2) is 35.4 Å². The number of carbonyl (C=O) groups is 1. The van der Waals surface area contributed by atoms with Gasteiger partial charge in [0.15, 0.2) is 0 Å². The van der Waals surface area contributed by atoms with Crippen LogP contribution in [0.1, 0.15) is 30.3 Å². The van der Waals surface area contributed by atoms with Crippen molar-refractivity contribution in [1.82, 2.24) is 15.2 Å². The number of piperidine rings is 1. The maximum atomic E-state index is 12.0. The number of hydrogen-bond donors (Lipinski definition) is 1. The van der Waals surface area contributed by atoms with Crippen molar-refractivity contribution in [3.8, 4) is 0 Å². The summed E-state index contributed by atoms with van der Waals surface area (Å²) >= 11 is 1.75. The molecule has 0 bridgehead atoms. The van der Waals surface area contributed by atoms with Gasteiger partial charge in [0.05, 0.1) is 22.8 Å². The fourth-order valence-electron chi connectivity index (χ4n) is 2.92. The van der Waals surface area contributed by atoms with Crippen LogP contribution >= 0.6 is 11.3 Å². The molecular formula is C17H21N3OS. The lowest BCUT2D eigenvalue weighted by atomic mass is 10.0. The van der Waals surface area contributed by atoms with Crippen LogP contribution in [0.25, 0.3) is 10.2 Å². The fraction of sp³-hybridized carbons (Fsp3) is 0.412. The van der Waals surface area contributed by atoms with Crippen LogP contribution in [0.2, 0.25) is 0 Å². The minimum atomic E-state index is 0.0629. The zero-order valence-corrected chi connectivity index (χ0v) is 13.4. The van der Waals surface area contributed by atoms with Crippen LogP contribution in [0.5, 0.6) is 0 Å². The van der Waals surface area contributed by atoms with Crippen LogP contribution < -0.4 is 5.32 Å². The SMILES string of the molecule is C=CCNC(=O)CN1CCCC[C@H]1c1nc2ccccc2s1. The van der Waals surface area contributed by atoms with Crippen LogP contribution in [0, 0.1) is 0 Å². The fourth-order valence-corrected chi connectivity index (χ4v) is 4.06. The van der Waals surface area contributed by atoms with E-state index in [-0.39, 0.29) is 11.9 Å². The van der Waals surface area contributed by atoms with Gasteiger partial charge in [-0.3, -0.25) is 9.69 Å². The number of carbonyl (C=O) groups excluding carboxylic acids is 1. The molecule has 2 aromatic rings. The largest absolute Gasteiger partial charge is 0.352 e. The quantitative estimate of drug-likeness (QED) is 0.862. The average Bonchev–Trinajstić information content (AvgIpc) is 2.97. The molecule has 1 fully saturated rings. The second-order valence-corrected chi connectivity index (χ2v) is 6.66. The van der Waals surface area contributed by atoms with Gasteiger partial charge in [-0.15, -0.1) is 17.9 Å². The lowest BCUT2D eigenvalue weighted by molar-refractivity contribution is -0.123. The Hall–Kier alpha value is -1.72. The Kier molecular flexibility index (Phi) is 4.85. The molecule has 1 N–H and O–H groups in total. The van der Waals surface area contributed by atoms with E-state index >= 15 is 0 Å². The highest BCUT2D eigenvalue weighted by atomic mass is 32.1. The number of amides is 1. The van der Waals surface area contributed by atoms with Gasteiger partial charge >= 0.3 is 0 Å². The van der Waals surface area contributed by atoms with Gasteiger partial charge < -0.3 is 5.32 Å². The summed E-state index contributed by atoms with van der Waals surface area (Å²) in [4.78, 5) is 19.1. The molecule has 0 spiro atoms. The zero-order valence-electron chi connectivity index (χ0n) is 12.6. The average molecular weight is 315 g/mol. The van der Waals surface area contributed by atoms with E-state index < -0.39 is 0 Å². The lowest BCUT2D eigenvalue weighted by Gasteiger charge is -2.33. The summed E-state index contributed by atoms with van der Waals surface area (Å²) in [6.07, 6.45) is 5.13. The third-order valence-electron chi connectivity index (χ3n) is 4.00. The molecule has 1 saturated heterocycles. The number of hydrogen-bond acceptors (Lipinski definition) is 4. The van der Waals surface area contributed by atoms with Crippen molar-refractivity contribution in [3.63, 3.8) is 0 Å². The molecule has 1 aromatic carbocycles. The molecule has 5 heteroatoms. The molecule has 116 valence electrons. The molecule has 1 amide bonds. The van der Waals surface area contributed by atoms with Gasteiger partial charge in [0.25, 0.3) is 0 Å². The van der Waals surface area contributed by atoms with Gasteiger partial charge in [0.1, 0.15) is 5.01 Å². The number of aromatic nitrogens is 1. The van der Waals surface area contributed by atoms with Crippen molar-refractivity contribution >= 4 is 27.5 Å². The van der Waals surface area contributed by atoms with Gasteiger partial charge in [0, 0.05) is 6.54 Å². The van der Waals surface area contributed by atoms with Crippen molar-refractivity contribution in [2.45, 2.75) is 25.3 Å². The number of thiazole rings is 1. The minimum absolute atomic E-state index is 0.0629. The van der Waals surface area contributed by atoms with E-state index in [9.17, 15) is 4.79 Å². The Morgan fingerprint density at radius 2 is 2.32 bits per heavy atom. The first-order valence-electron chi connectivity index (χ1n) is 7.75. The summed E-state index contributed by atoms with van der Waals surface area (Å²) in [6.45, 7) is 5.56. The minimum Gasteiger partial charge on any atom is -0.352 e. The monoisotopic (exact) mass is 315 g/mol. The van der Waals surface area contributed by atoms with Gasteiger partial charge in [-0.25, -0.2) is 4.98 Å². The molecule has 1 aliphatic heterocycles. The Morgan fingerprint density at radius 3 is 3.14 bits per heavy atom.